The van der Waals surface area contributed by atoms with E-state index in [1.165, 1.54) is 0 Å². The van der Waals surface area contributed by atoms with Gasteiger partial charge in [-0.1, -0.05) is 48.5 Å². The minimum atomic E-state index is -0.577. The molecule has 0 bridgehead atoms. The number of hydrogen-bond donors (Lipinski definition) is 1. The van der Waals surface area contributed by atoms with Crippen molar-refractivity contribution in [3.63, 3.8) is 0 Å². The molecule has 1 saturated carbocycles. The number of nitrogens with one attached hydrogen (secondary N) is 1. The van der Waals surface area contributed by atoms with Gasteiger partial charge in [0.1, 0.15) is 11.3 Å². The summed E-state index contributed by atoms with van der Waals surface area (Å²) in [4.78, 5) is 24.7. The molecule has 5 nitrogen and oxygen atoms in total. The number of benzene rings is 2. The van der Waals surface area contributed by atoms with Gasteiger partial charge in [-0.15, -0.1) is 0 Å². The average molecular weight is 363 g/mol. The zero-order valence-electron chi connectivity index (χ0n) is 15.1. The molecular formula is C22H21NO4. The molecule has 0 radical (unpaired) electrons. The molecule has 4 rings (SSSR count). The largest absolute Gasteiger partial charge is 0.459 e. The molecule has 1 aliphatic carbocycles. The zero-order chi connectivity index (χ0) is 18.9. The lowest BCUT2D eigenvalue weighted by atomic mass is 9.96. The first kappa shape index (κ1) is 17.3. The highest BCUT2D eigenvalue weighted by molar-refractivity contribution is 5.89. The highest BCUT2D eigenvalue weighted by atomic mass is 16.5. The van der Waals surface area contributed by atoms with E-state index in [-0.39, 0.29) is 24.5 Å². The van der Waals surface area contributed by atoms with E-state index in [1.807, 2.05) is 67.6 Å². The molecule has 0 spiro atoms. The van der Waals surface area contributed by atoms with Crippen LogP contribution in [0.4, 0.5) is 0 Å². The Morgan fingerprint density at radius 1 is 1.11 bits per heavy atom. The lowest BCUT2D eigenvalue weighted by molar-refractivity contribution is -0.151. The van der Waals surface area contributed by atoms with Crippen LogP contribution >= 0.6 is 0 Å². The third-order valence-electron chi connectivity index (χ3n) is 5.05. The molecule has 2 aromatic carbocycles. The molecule has 1 aromatic heterocycles. The fourth-order valence-corrected chi connectivity index (χ4v) is 3.33. The molecule has 27 heavy (non-hydrogen) atoms. The van der Waals surface area contributed by atoms with Gasteiger partial charge < -0.3 is 14.5 Å². The van der Waals surface area contributed by atoms with Crippen LogP contribution in [0.15, 0.2) is 65.1 Å². The zero-order valence-corrected chi connectivity index (χ0v) is 15.1. The molecule has 1 fully saturated rings. The molecule has 1 atom stereocenters. The van der Waals surface area contributed by atoms with E-state index in [2.05, 4.69) is 5.32 Å². The van der Waals surface area contributed by atoms with Gasteiger partial charge in [0.05, 0.1) is 11.5 Å². The Balaban J connectivity index is 1.33. The Morgan fingerprint density at radius 2 is 1.81 bits per heavy atom. The predicted molar refractivity (Wildman–Crippen MR) is 101 cm³/mol. The number of hydrogen-bond acceptors (Lipinski definition) is 4. The van der Waals surface area contributed by atoms with Crippen molar-refractivity contribution in [2.24, 2.45) is 0 Å². The first-order chi connectivity index (χ1) is 13.1. The van der Waals surface area contributed by atoms with Crippen LogP contribution in [0.1, 0.15) is 37.1 Å². The molecule has 1 aliphatic rings. The summed E-state index contributed by atoms with van der Waals surface area (Å²) in [7, 11) is 0. The van der Waals surface area contributed by atoms with Gasteiger partial charge >= 0.3 is 5.97 Å². The second kappa shape index (κ2) is 6.91. The number of esters is 1. The second-order valence-electron chi connectivity index (χ2n) is 7.00. The molecule has 3 aromatic rings. The SMILES string of the molecule is C[C@H](NC(=O)COC(=O)C1(c2ccccc2)CC1)c1cc2ccccc2o1. The van der Waals surface area contributed by atoms with Gasteiger partial charge in [-0.25, -0.2) is 0 Å². The summed E-state index contributed by atoms with van der Waals surface area (Å²) >= 11 is 0. The minimum Gasteiger partial charge on any atom is -0.459 e. The standard InChI is InChI=1S/C22H21NO4/c1-15(19-13-16-7-5-6-10-18(16)27-19)23-20(24)14-26-21(25)22(11-12-22)17-8-3-2-4-9-17/h2-10,13,15H,11-12,14H2,1H3,(H,23,24)/t15-/m0/s1. The minimum absolute atomic E-state index is 0.294. The maximum atomic E-state index is 12.5. The molecule has 1 heterocycles. The average Bonchev–Trinajstić information content (AvgIpc) is 3.39. The van der Waals surface area contributed by atoms with E-state index in [9.17, 15) is 9.59 Å². The van der Waals surface area contributed by atoms with Gasteiger partial charge in [0, 0.05) is 5.39 Å². The number of ether oxygens (including phenoxy) is 1. The number of carbonyl (C=O) groups is 2. The Hall–Kier alpha value is -3.08. The number of carbonyl (C=O) groups excluding carboxylic acids is 2. The first-order valence-corrected chi connectivity index (χ1v) is 9.09. The molecule has 5 heteroatoms. The van der Waals surface area contributed by atoms with Gasteiger partial charge in [-0.05, 0) is 37.5 Å². The van der Waals surface area contributed by atoms with Gasteiger partial charge in [0.2, 0.25) is 0 Å². The van der Waals surface area contributed by atoms with Crippen molar-refractivity contribution in [2.45, 2.75) is 31.2 Å². The first-order valence-electron chi connectivity index (χ1n) is 9.09. The van der Waals surface area contributed by atoms with Crippen LogP contribution in [0, 0.1) is 0 Å². The Morgan fingerprint density at radius 3 is 2.52 bits per heavy atom. The van der Waals surface area contributed by atoms with Crippen molar-refractivity contribution >= 4 is 22.8 Å². The highest BCUT2D eigenvalue weighted by Gasteiger charge is 2.52. The maximum absolute atomic E-state index is 12.5. The molecule has 1 N–H and O–H groups in total. The molecule has 0 saturated heterocycles. The van der Waals surface area contributed by atoms with Gasteiger partial charge in [-0.3, -0.25) is 9.59 Å². The highest BCUT2D eigenvalue weighted by Crippen LogP contribution is 2.49. The second-order valence-corrected chi connectivity index (χ2v) is 7.00. The van der Waals surface area contributed by atoms with Crippen LogP contribution in [-0.2, 0) is 19.7 Å². The van der Waals surface area contributed by atoms with Crippen molar-refractivity contribution in [1.82, 2.24) is 5.32 Å². The monoisotopic (exact) mass is 363 g/mol. The fraction of sp³-hybridized carbons (Fsp3) is 0.273. The molecule has 0 unspecified atom stereocenters. The van der Waals surface area contributed by atoms with Gasteiger partial charge in [0.25, 0.3) is 5.91 Å². The lowest BCUT2D eigenvalue weighted by Crippen LogP contribution is -2.33. The topological polar surface area (TPSA) is 68.5 Å². The van der Waals surface area contributed by atoms with E-state index < -0.39 is 5.41 Å². The quantitative estimate of drug-likeness (QED) is 0.675. The van der Waals surface area contributed by atoms with Crippen LogP contribution in [0.3, 0.4) is 0 Å². The van der Waals surface area contributed by atoms with Crippen molar-refractivity contribution in [2.75, 3.05) is 6.61 Å². The smallest absolute Gasteiger partial charge is 0.317 e. The molecule has 1 amide bonds. The number of amides is 1. The van der Waals surface area contributed by atoms with Gasteiger partial charge in [-0.2, -0.15) is 0 Å². The summed E-state index contributed by atoms with van der Waals surface area (Å²) in [6.07, 6.45) is 1.51. The summed E-state index contributed by atoms with van der Waals surface area (Å²) in [5, 5.41) is 3.80. The van der Waals surface area contributed by atoms with E-state index >= 15 is 0 Å². The third kappa shape index (κ3) is 3.45. The summed E-state index contributed by atoms with van der Waals surface area (Å²) in [6, 6.07) is 18.9. The van der Waals surface area contributed by atoms with Crippen molar-refractivity contribution in [3.05, 3.63) is 72.0 Å². The van der Waals surface area contributed by atoms with Crippen LogP contribution in [0.5, 0.6) is 0 Å². The number of furan rings is 1. The van der Waals surface area contributed by atoms with Crippen molar-refractivity contribution < 1.29 is 18.7 Å². The van der Waals surface area contributed by atoms with E-state index in [0.29, 0.717) is 5.76 Å². The number of rotatable bonds is 6. The Labute approximate surface area is 157 Å². The lowest BCUT2D eigenvalue weighted by Gasteiger charge is -2.16. The molecular weight excluding hydrogens is 342 g/mol. The van der Waals surface area contributed by atoms with E-state index in [0.717, 1.165) is 29.4 Å². The third-order valence-corrected chi connectivity index (χ3v) is 5.05. The molecule has 0 aliphatic heterocycles. The summed E-state index contributed by atoms with van der Waals surface area (Å²) < 4.78 is 11.1. The van der Waals surface area contributed by atoms with Crippen LogP contribution in [-0.4, -0.2) is 18.5 Å². The summed E-state index contributed by atoms with van der Waals surface area (Å²) in [6.45, 7) is 1.54. The molecule has 138 valence electrons. The predicted octanol–water partition coefficient (Wildman–Crippen LogP) is 3.89. The number of fused-ring (bicyclic) bond motifs is 1. The maximum Gasteiger partial charge on any atom is 0.317 e. The van der Waals surface area contributed by atoms with E-state index in [1.54, 1.807) is 0 Å². The Bertz CT molecular complexity index is 939. The van der Waals surface area contributed by atoms with E-state index in [4.69, 9.17) is 9.15 Å². The van der Waals surface area contributed by atoms with Crippen LogP contribution in [0.2, 0.25) is 0 Å². The van der Waals surface area contributed by atoms with Crippen LogP contribution in [0.25, 0.3) is 11.0 Å². The Kier molecular flexibility index (Phi) is 4.44. The summed E-state index contributed by atoms with van der Waals surface area (Å²) in [5.74, 6) is -0.0146. The van der Waals surface area contributed by atoms with Crippen molar-refractivity contribution in [1.29, 1.82) is 0 Å². The fourth-order valence-electron chi connectivity index (χ4n) is 3.33. The summed E-state index contributed by atoms with van der Waals surface area (Å²) in [5.41, 5.74) is 1.15. The van der Waals surface area contributed by atoms with Crippen LogP contribution < -0.4 is 5.32 Å². The number of para-hydroxylation sites is 1. The van der Waals surface area contributed by atoms with Crippen molar-refractivity contribution in [3.8, 4) is 0 Å². The van der Waals surface area contributed by atoms with Gasteiger partial charge in [0.15, 0.2) is 6.61 Å². The normalized spacial score (nSPS) is 15.9.